The smallest absolute Gasteiger partial charge is 0.136 e. The van der Waals surface area contributed by atoms with Crippen molar-refractivity contribution in [2.24, 2.45) is 0 Å². The number of rotatable bonds is 7. The van der Waals surface area contributed by atoms with E-state index in [1.807, 2.05) is 6.07 Å². The minimum Gasteiger partial charge on any atom is -0.456 e. The Hall–Kier alpha value is -7.94. The van der Waals surface area contributed by atoms with Crippen molar-refractivity contribution in [1.82, 2.24) is 0 Å². The number of anilines is 3. The summed E-state index contributed by atoms with van der Waals surface area (Å²) < 4.78 is 6.39. The highest BCUT2D eigenvalue weighted by Crippen LogP contribution is 2.57. The summed E-state index contributed by atoms with van der Waals surface area (Å²) in [6.45, 7) is 0. The summed E-state index contributed by atoms with van der Waals surface area (Å²) >= 11 is 0. The van der Waals surface area contributed by atoms with Crippen LogP contribution in [-0.4, -0.2) is 0 Å². The van der Waals surface area contributed by atoms with Crippen molar-refractivity contribution in [3.05, 3.63) is 259 Å². The standard InChI is InChI=1S/C59H39NO/c1-3-19-43(20-4-1)59(44-21-5-2-6-22-44)52-28-12-9-24-47(52)48-38-35-42(39-53(48)59)40-33-36-45(37-34-40)60(54-30-15-18-41-17-7-8-23-46(41)54)55-29-13-10-25-49(55)50-27-16-32-57-58(50)51-26-11-14-31-56(51)61-57/h1-39H. The molecule has 10 aromatic carbocycles. The molecule has 2 heteroatoms. The highest BCUT2D eigenvalue weighted by Gasteiger charge is 2.46. The summed E-state index contributed by atoms with van der Waals surface area (Å²) in [5, 5.41) is 4.62. The van der Waals surface area contributed by atoms with E-state index in [0.717, 1.165) is 50.1 Å². The number of hydrogen-bond donors (Lipinski definition) is 0. The number of fused-ring (bicyclic) bond motifs is 7. The zero-order valence-electron chi connectivity index (χ0n) is 33.4. The van der Waals surface area contributed by atoms with Gasteiger partial charge < -0.3 is 9.32 Å². The van der Waals surface area contributed by atoms with E-state index in [1.54, 1.807) is 0 Å². The van der Waals surface area contributed by atoms with E-state index in [4.69, 9.17) is 4.42 Å². The molecule has 1 aliphatic carbocycles. The first-order valence-corrected chi connectivity index (χ1v) is 21.0. The summed E-state index contributed by atoms with van der Waals surface area (Å²) in [7, 11) is 0. The summed E-state index contributed by atoms with van der Waals surface area (Å²) in [4.78, 5) is 2.43. The van der Waals surface area contributed by atoms with Crippen LogP contribution in [0.2, 0.25) is 0 Å². The van der Waals surface area contributed by atoms with E-state index in [9.17, 15) is 0 Å². The van der Waals surface area contributed by atoms with Crippen molar-refractivity contribution in [2.45, 2.75) is 5.41 Å². The highest BCUT2D eigenvalue weighted by atomic mass is 16.3. The predicted octanol–water partition coefficient (Wildman–Crippen LogP) is 15.9. The van der Waals surface area contributed by atoms with Gasteiger partial charge in [-0.1, -0.05) is 194 Å². The Morgan fingerprint density at radius 2 is 0.902 bits per heavy atom. The Bertz CT molecular complexity index is 3370. The quantitative estimate of drug-likeness (QED) is 0.160. The Labute approximate surface area is 355 Å². The molecular weight excluding hydrogens is 739 g/mol. The van der Waals surface area contributed by atoms with E-state index < -0.39 is 5.41 Å². The van der Waals surface area contributed by atoms with Crippen molar-refractivity contribution < 1.29 is 4.42 Å². The van der Waals surface area contributed by atoms with Crippen LogP contribution in [0.3, 0.4) is 0 Å². The molecule has 11 aromatic rings. The van der Waals surface area contributed by atoms with E-state index in [0.29, 0.717) is 0 Å². The second-order valence-electron chi connectivity index (χ2n) is 16.0. The molecule has 0 radical (unpaired) electrons. The molecule has 0 amide bonds. The summed E-state index contributed by atoms with van der Waals surface area (Å²) in [6, 6.07) is 86.0. The normalized spacial score (nSPS) is 12.7. The zero-order valence-corrected chi connectivity index (χ0v) is 33.4. The lowest BCUT2D eigenvalue weighted by Gasteiger charge is -2.34. The van der Waals surface area contributed by atoms with E-state index in [-0.39, 0.29) is 0 Å². The number of hydrogen-bond acceptors (Lipinski definition) is 2. The average Bonchev–Trinajstić information content (AvgIpc) is 3.87. The van der Waals surface area contributed by atoms with Gasteiger partial charge in [-0.3, -0.25) is 0 Å². The lowest BCUT2D eigenvalue weighted by Crippen LogP contribution is -2.28. The van der Waals surface area contributed by atoms with Gasteiger partial charge >= 0.3 is 0 Å². The fraction of sp³-hybridized carbons (Fsp3) is 0.0169. The lowest BCUT2D eigenvalue weighted by molar-refractivity contribution is 0.669. The Balaban J connectivity index is 1.04. The first-order valence-electron chi connectivity index (χ1n) is 21.0. The number of para-hydroxylation sites is 2. The molecule has 61 heavy (non-hydrogen) atoms. The van der Waals surface area contributed by atoms with Crippen LogP contribution >= 0.6 is 0 Å². The van der Waals surface area contributed by atoms with Crippen molar-refractivity contribution in [3.63, 3.8) is 0 Å². The van der Waals surface area contributed by atoms with Gasteiger partial charge in [-0.2, -0.15) is 0 Å². The Morgan fingerprint density at radius 1 is 0.344 bits per heavy atom. The third-order valence-electron chi connectivity index (χ3n) is 12.8. The molecule has 0 unspecified atom stereocenters. The molecule has 12 rings (SSSR count). The molecule has 1 aromatic heterocycles. The fourth-order valence-electron chi connectivity index (χ4n) is 10.1. The molecule has 0 bridgehead atoms. The van der Waals surface area contributed by atoms with Crippen molar-refractivity contribution in [1.29, 1.82) is 0 Å². The molecule has 0 atom stereocenters. The Morgan fingerprint density at radius 3 is 1.70 bits per heavy atom. The van der Waals surface area contributed by atoms with Crippen LogP contribution < -0.4 is 4.90 Å². The van der Waals surface area contributed by atoms with E-state index in [1.165, 1.54) is 55.3 Å². The van der Waals surface area contributed by atoms with Crippen molar-refractivity contribution in [2.75, 3.05) is 4.90 Å². The van der Waals surface area contributed by atoms with Gasteiger partial charge in [-0.05, 0) is 97.9 Å². The fourth-order valence-corrected chi connectivity index (χ4v) is 10.1. The van der Waals surface area contributed by atoms with Gasteiger partial charge in [0.1, 0.15) is 11.2 Å². The average molecular weight is 778 g/mol. The monoisotopic (exact) mass is 777 g/mol. The van der Waals surface area contributed by atoms with Crippen LogP contribution in [0.1, 0.15) is 22.3 Å². The first kappa shape index (κ1) is 35.0. The molecule has 0 spiro atoms. The van der Waals surface area contributed by atoms with Gasteiger partial charge in [0, 0.05) is 27.4 Å². The molecule has 1 aliphatic rings. The van der Waals surface area contributed by atoms with Gasteiger partial charge in [0.2, 0.25) is 0 Å². The minimum absolute atomic E-state index is 0.456. The second kappa shape index (κ2) is 14.1. The molecule has 286 valence electrons. The van der Waals surface area contributed by atoms with Crippen LogP contribution in [0.15, 0.2) is 241 Å². The van der Waals surface area contributed by atoms with Gasteiger partial charge in [0.15, 0.2) is 0 Å². The largest absolute Gasteiger partial charge is 0.456 e. The molecule has 2 nitrogen and oxygen atoms in total. The molecular formula is C59H39NO. The summed E-state index contributed by atoms with van der Waals surface area (Å²) in [5.41, 5.74) is 17.0. The second-order valence-corrected chi connectivity index (χ2v) is 16.0. The zero-order chi connectivity index (χ0) is 40.3. The SMILES string of the molecule is c1ccc(C2(c3ccccc3)c3ccccc3-c3ccc(-c4ccc(N(c5ccccc5-c5cccc6oc7ccccc7c56)c5cccc6ccccc56)cc4)cc32)cc1. The number of benzene rings is 10. The molecule has 0 saturated carbocycles. The van der Waals surface area contributed by atoms with Gasteiger partial charge in [-0.15, -0.1) is 0 Å². The number of furan rings is 1. The van der Waals surface area contributed by atoms with Crippen LogP contribution in [0.25, 0.3) is 66.1 Å². The Kier molecular flexibility index (Phi) is 8.11. The number of nitrogens with zero attached hydrogens (tertiary/aromatic N) is 1. The summed E-state index contributed by atoms with van der Waals surface area (Å²) in [5.74, 6) is 0. The maximum atomic E-state index is 6.39. The van der Waals surface area contributed by atoms with E-state index in [2.05, 4.69) is 235 Å². The third kappa shape index (κ3) is 5.43. The third-order valence-corrected chi connectivity index (χ3v) is 12.8. The highest BCUT2D eigenvalue weighted by molar-refractivity contribution is 6.14. The van der Waals surface area contributed by atoms with Crippen LogP contribution in [-0.2, 0) is 5.41 Å². The lowest BCUT2D eigenvalue weighted by atomic mass is 9.67. The van der Waals surface area contributed by atoms with Crippen molar-refractivity contribution in [3.8, 4) is 33.4 Å². The van der Waals surface area contributed by atoms with Gasteiger partial charge in [0.25, 0.3) is 0 Å². The molecule has 0 aliphatic heterocycles. The summed E-state index contributed by atoms with van der Waals surface area (Å²) in [6.07, 6.45) is 0. The molecule has 0 N–H and O–H groups in total. The van der Waals surface area contributed by atoms with Crippen LogP contribution in [0.4, 0.5) is 17.1 Å². The maximum Gasteiger partial charge on any atom is 0.136 e. The molecule has 0 fully saturated rings. The maximum absolute atomic E-state index is 6.39. The minimum atomic E-state index is -0.456. The predicted molar refractivity (Wildman–Crippen MR) is 254 cm³/mol. The molecule has 0 saturated heterocycles. The van der Waals surface area contributed by atoms with Gasteiger partial charge in [0.05, 0.1) is 16.8 Å². The van der Waals surface area contributed by atoms with E-state index >= 15 is 0 Å². The van der Waals surface area contributed by atoms with Crippen molar-refractivity contribution >= 4 is 49.8 Å². The van der Waals surface area contributed by atoms with Crippen LogP contribution in [0.5, 0.6) is 0 Å². The first-order chi connectivity index (χ1) is 30.3. The molecule has 1 heterocycles. The topological polar surface area (TPSA) is 16.4 Å². The van der Waals surface area contributed by atoms with Crippen LogP contribution in [0, 0.1) is 0 Å². The van der Waals surface area contributed by atoms with Gasteiger partial charge in [-0.25, -0.2) is 0 Å².